The fourth-order valence-corrected chi connectivity index (χ4v) is 2.55. The first-order valence-electron chi connectivity index (χ1n) is 7.81. The quantitative estimate of drug-likeness (QED) is 0.760. The average molecular weight is 360 g/mol. The molecule has 0 saturated heterocycles. The van der Waals surface area contributed by atoms with Gasteiger partial charge in [0.2, 0.25) is 0 Å². The molecule has 0 atom stereocenters. The second-order valence-corrected chi connectivity index (χ2v) is 5.61. The van der Waals surface area contributed by atoms with Crippen LogP contribution in [0.1, 0.15) is 27.7 Å². The molecule has 2 aromatic carbocycles. The van der Waals surface area contributed by atoms with Crippen molar-refractivity contribution in [2.75, 3.05) is 6.54 Å². The van der Waals surface area contributed by atoms with Gasteiger partial charge in [0, 0.05) is 0 Å². The van der Waals surface area contributed by atoms with Crippen molar-refractivity contribution in [2.45, 2.75) is 12.2 Å². The highest BCUT2D eigenvalue weighted by molar-refractivity contribution is 5.91. The van der Waals surface area contributed by atoms with Crippen LogP contribution in [0.4, 0.5) is 13.2 Å². The number of halogens is 3. The van der Waals surface area contributed by atoms with Gasteiger partial charge in [-0.3, -0.25) is 4.79 Å². The van der Waals surface area contributed by atoms with Gasteiger partial charge in [-0.1, -0.05) is 65.9 Å². The van der Waals surface area contributed by atoms with E-state index in [4.69, 9.17) is 0 Å². The fraction of sp³-hybridized carbons (Fsp3) is 0.167. The number of aromatic nitrogens is 3. The SMILES string of the molecule is O=C(NCC(F)(F)F)c1cn(C(c2ccccc2)c2ccccc2)nn1. The highest BCUT2D eigenvalue weighted by Crippen LogP contribution is 2.25. The summed E-state index contributed by atoms with van der Waals surface area (Å²) in [7, 11) is 0. The number of alkyl halides is 3. The number of rotatable bonds is 5. The maximum atomic E-state index is 12.3. The van der Waals surface area contributed by atoms with Gasteiger partial charge in [-0.25, -0.2) is 4.68 Å². The zero-order chi connectivity index (χ0) is 18.6. The minimum atomic E-state index is -4.48. The molecule has 5 nitrogen and oxygen atoms in total. The van der Waals surface area contributed by atoms with Gasteiger partial charge < -0.3 is 5.32 Å². The van der Waals surface area contributed by atoms with E-state index in [-0.39, 0.29) is 11.7 Å². The molecule has 1 aromatic heterocycles. The minimum absolute atomic E-state index is 0.175. The second-order valence-electron chi connectivity index (χ2n) is 5.61. The van der Waals surface area contributed by atoms with Crippen LogP contribution in [0, 0.1) is 0 Å². The van der Waals surface area contributed by atoms with E-state index in [1.54, 1.807) is 5.32 Å². The first-order valence-corrected chi connectivity index (χ1v) is 7.81. The summed E-state index contributed by atoms with van der Waals surface area (Å²) in [6.07, 6.45) is -3.14. The largest absolute Gasteiger partial charge is 0.405 e. The minimum Gasteiger partial charge on any atom is -0.341 e. The topological polar surface area (TPSA) is 59.8 Å². The molecule has 0 aliphatic rings. The Morgan fingerprint density at radius 3 is 2.04 bits per heavy atom. The lowest BCUT2D eigenvalue weighted by molar-refractivity contribution is -0.123. The van der Waals surface area contributed by atoms with Gasteiger partial charge in [-0.15, -0.1) is 5.10 Å². The summed E-state index contributed by atoms with van der Waals surface area (Å²) in [5.41, 5.74) is 1.64. The van der Waals surface area contributed by atoms with Crippen molar-refractivity contribution in [1.82, 2.24) is 20.3 Å². The Morgan fingerprint density at radius 2 is 1.54 bits per heavy atom. The Morgan fingerprint density at radius 1 is 1.00 bits per heavy atom. The van der Waals surface area contributed by atoms with Crippen molar-refractivity contribution >= 4 is 5.91 Å². The zero-order valence-corrected chi connectivity index (χ0v) is 13.5. The Hall–Kier alpha value is -3.16. The number of hydrogen-bond acceptors (Lipinski definition) is 3. The molecular formula is C18H15F3N4O. The first kappa shape index (κ1) is 17.7. The monoisotopic (exact) mass is 360 g/mol. The Balaban J connectivity index is 1.89. The molecule has 1 amide bonds. The molecular weight excluding hydrogens is 345 g/mol. The van der Waals surface area contributed by atoms with Crippen LogP contribution in [0.5, 0.6) is 0 Å². The van der Waals surface area contributed by atoms with Crippen LogP contribution in [-0.4, -0.2) is 33.6 Å². The standard InChI is InChI=1S/C18H15F3N4O/c19-18(20,21)12-22-17(26)15-11-25(24-23-15)16(13-7-3-1-4-8-13)14-9-5-2-6-10-14/h1-11,16H,12H2,(H,22,26). The number of nitrogens with one attached hydrogen (secondary N) is 1. The summed E-state index contributed by atoms with van der Waals surface area (Å²) in [4.78, 5) is 11.9. The van der Waals surface area contributed by atoms with Crippen molar-refractivity contribution in [3.05, 3.63) is 83.7 Å². The molecule has 1 N–H and O–H groups in total. The normalized spacial score (nSPS) is 11.5. The van der Waals surface area contributed by atoms with E-state index in [0.29, 0.717) is 0 Å². The lowest BCUT2D eigenvalue weighted by atomic mass is 9.99. The van der Waals surface area contributed by atoms with Crippen LogP contribution in [0.15, 0.2) is 66.9 Å². The molecule has 8 heteroatoms. The lowest BCUT2D eigenvalue weighted by Gasteiger charge is -2.17. The van der Waals surface area contributed by atoms with Crippen LogP contribution in [0.25, 0.3) is 0 Å². The summed E-state index contributed by atoms with van der Waals surface area (Å²) >= 11 is 0. The van der Waals surface area contributed by atoms with E-state index in [9.17, 15) is 18.0 Å². The van der Waals surface area contributed by atoms with E-state index >= 15 is 0 Å². The molecule has 0 spiro atoms. The van der Waals surface area contributed by atoms with Crippen molar-refractivity contribution in [2.24, 2.45) is 0 Å². The van der Waals surface area contributed by atoms with E-state index in [1.807, 2.05) is 60.7 Å². The van der Waals surface area contributed by atoms with Gasteiger partial charge in [0.15, 0.2) is 5.69 Å². The summed E-state index contributed by atoms with van der Waals surface area (Å²) < 4.78 is 38.2. The van der Waals surface area contributed by atoms with E-state index < -0.39 is 18.6 Å². The maximum absolute atomic E-state index is 12.3. The van der Waals surface area contributed by atoms with Crippen LogP contribution >= 0.6 is 0 Å². The van der Waals surface area contributed by atoms with Crippen LogP contribution in [-0.2, 0) is 0 Å². The van der Waals surface area contributed by atoms with Crippen molar-refractivity contribution in [3.8, 4) is 0 Å². The first-order chi connectivity index (χ1) is 12.4. The molecule has 26 heavy (non-hydrogen) atoms. The van der Waals surface area contributed by atoms with E-state index in [0.717, 1.165) is 11.1 Å². The van der Waals surface area contributed by atoms with Crippen LogP contribution in [0.3, 0.4) is 0 Å². The number of hydrogen-bond donors (Lipinski definition) is 1. The third kappa shape index (κ3) is 4.27. The molecule has 0 aliphatic carbocycles. The van der Waals surface area contributed by atoms with Gasteiger partial charge in [0.1, 0.15) is 12.6 Å². The summed E-state index contributed by atoms with van der Waals surface area (Å²) in [5, 5.41) is 9.47. The van der Waals surface area contributed by atoms with E-state index in [1.165, 1.54) is 10.9 Å². The van der Waals surface area contributed by atoms with Crippen molar-refractivity contribution in [1.29, 1.82) is 0 Å². The Labute approximate surface area is 147 Å². The smallest absolute Gasteiger partial charge is 0.341 e. The Bertz CT molecular complexity index is 823. The number of carbonyl (C=O) groups is 1. The highest BCUT2D eigenvalue weighted by Gasteiger charge is 2.28. The van der Waals surface area contributed by atoms with Crippen LogP contribution in [0.2, 0.25) is 0 Å². The van der Waals surface area contributed by atoms with Crippen LogP contribution < -0.4 is 5.32 Å². The van der Waals surface area contributed by atoms with E-state index in [2.05, 4.69) is 10.3 Å². The lowest BCUT2D eigenvalue weighted by Crippen LogP contribution is -2.33. The molecule has 0 bridgehead atoms. The van der Waals surface area contributed by atoms with Gasteiger partial charge in [-0.2, -0.15) is 13.2 Å². The summed E-state index contributed by atoms with van der Waals surface area (Å²) in [6, 6.07) is 18.5. The number of benzene rings is 2. The average Bonchev–Trinajstić information content (AvgIpc) is 3.11. The van der Waals surface area contributed by atoms with Gasteiger partial charge in [-0.05, 0) is 11.1 Å². The molecule has 0 radical (unpaired) electrons. The van der Waals surface area contributed by atoms with Gasteiger partial charge >= 0.3 is 6.18 Å². The second kappa shape index (κ2) is 7.38. The van der Waals surface area contributed by atoms with Gasteiger partial charge in [0.25, 0.3) is 5.91 Å². The third-order valence-corrected chi connectivity index (χ3v) is 3.69. The van der Waals surface area contributed by atoms with Crippen molar-refractivity contribution < 1.29 is 18.0 Å². The van der Waals surface area contributed by atoms with Crippen molar-refractivity contribution in [3.63, 3.8) is 0 Å². The molecule has 134 valence electrons. The molecule has 3 aromatic rings. The summed E-state index contributed by atoms with van der Waals surface area (Å²) in [6.45, 7) is -1.42. The highest BCUT2D eigenvalue weighted by atomic mass is 19.4. The predicted molar refractivity (Wildman–Crippen MR) is 88.5 cm³/mol. The molecule has 0 fully saturated rings. The summed E-state index contributed by atoms with van der Waals surface area (Å²) in [5.74, 6) is -0.923. The molecule has 0 aliphatic heterocycles. The predicted octanol–water partition coefficient (Wildman–Crippen LogP) is 3.21. The fourth-order valence-electron chi connectivity index (χ4n) is 2.55. The molecule has 0 saturated carbocycles. The third-order valence-electron chi connectivity index (χ3n) is 3.69. The molecule has 0 unspecified atom stereocenters. The van der Waals surface area contributed by atoms with Gasteiger partial charge in [0.05, 0.1) is 6.20 Å². The number of nitrogens with zero attached hydrogens (tertiary/aromatic N) is 3. The number of amides is 1. The Kier molecular flexibility index (Phi) is 5.01. The molecule has 3 rings (SSSR count). The molecule has 1 heterocycles. The zero-order valence-electron chi connectivity index (χ0n) is 13.5. The number of carbonyl (C=O) groups excluding carboxylic acids is 1. The maximum Gasteiger partial charge on any atom is 0.405 e.